The van der Waals surface area contributed by atoms with Crippen LogP contribution in [0.1, 0.15) is 47.8 Å². The monoisotopic (exact) mass is 364 g/mol. The van der Waals surface area contributed by atoms with Crippen molar-refractivity contribution in [1.82, 2.24) is 9.80 Å². The first-order chi connectivity index (χ1) is 12.4. The van der Waals surface area contributed by atoms with Gasteiger partial charge in [-0.25, -0.2) is 0 Å². The molecule has 2 saturated heterocycles. The van der Waals surface area contributed by atoms with E-state index in [0.29, 0.717) is 6.10 Å². The Morgan fingerprint density at radius 2 is 1.80 bits per heavy atom. The predicted octanol–water partition coefficient (Wildman–Crippen LogP) is 3.33. The fourth-order valence-electron chi connectivity index (χ4n) is 4.43. The molecule has 1 aromatic rings. The zero-order chi connectivity index (χ0) is 16.9. The molecule has 1 aromatic heterocycles. The van der Waals surface area contributed by atoms with E-state index in [1.807, 2.05) is 0 Å². The van der Waals surface area contributed by atoms with Crippen LogP contribution in [0.5, 0.6) is 0 Å². The van der Waals surface area contributed by atoms with E-state index in [1.54, 1.807) is 4.88 Å². The molecule has 1 saturated carbocycles. The smallest absolute Gasteiger partial charge is 0.0828 e. The minimum absolute atomic E-state index is 0.342. The van der Waals surface area contributed by atoms with Crippen molar-refractivity contribution in [2.45, 2.75) is 50.7 Å². The van der Waals surface area contributed by atoms with Gasteiger partial charge in [-0.3, -0.25) is 9.80 Å². The molecule has 0 N–H and O–H groups in total. The molecule has 4 rings (SSSR count). The summed E-state index contributed by atoms with van der Waals surface area (Å²) in [6, 6.07) is 4.77. The number of rotatable bonds is 5. The minimum Gasteiger partial charge on any atom is -0.379 e. The molecule has 0 unspecified atom stereocenters. The van der Waals surface area contributed by atoms with Gasteiger partial charge in [0.25, 0.3) is 0 Å². The standard InChI is InChI=1S/C20H32N2O2S/c1-2-5-17(4-1)20-7-6-19(25-20)16-22-8-3-11-24-18(15-22)14-21-9-12-23-13-10-21/h6-7,17-18H,1-5,8-16H2/t18-/m0/s1. The van der Waals surface area contributed by atoms with Crippen LogP contribution in [0.3, 0.4) is 0 Å². The molecule has 0 amide bonds. The summed E-state index contributed by atoms with van der Waals surface area (Å²) in [5, 5.41) is 0. The van der Waals surface area contributed by atoms with Crippen LogP contribution in [0.25, 0.3) is 0 Å². The van der Waals surface area contributed by atoms with Gasteiger partial charge in [0.15, 0.2) is 0 Å². The Hall–Kier alpha value is -0.460. The highest BCUT2D eigenvalue weighted by atomic mass is 32.1. The second-order valence-electron chi connectivity index (χ2n) is 7.78. The fraction of sp³-hybridized carbons (Fsp3) is 0.800. The van der Waals surface area contributed by atoms with Crippen LogP contribution in [0.4, 0.5) is 0 Å². The first-order valence-corrected chi connectivity index (χ1v) is 10.9. The van der Waals surface area contributed by atoms with Crippen LogP contribution >= 0.6 is 11.3 Å². The molecule has 25 heavy (non-hydrogen) atoms. The van der Waals surface area contributed by atoms with Crippen molar-refractivity contribution in [2.75, 3.05) is 52.5 Å². The molecule has 5 heteroatoms. The van der Waals surface area contributed by atoms with Crippen LogP contribution in [-0.4, -0.2) is 68.4 Å². The lowest BCUT2D eigenvalue weighted by Crippen LogP contribution is -2.44. The van der Waals surface area contributed by atoms with Crippen LogP contribution in [0, 0.1) is 0 Å². The van der Waals surface area contributed by atoms with E-state index in [4.69, 9.17) is 9.47 Å². The van der Waals surface area contributed by atoms with Crippen molar-refractivity contribution >= 4 is 11.3 Å². The predicted molar refractivity (Wildman–Crippen MR) is 102 cm³/mol. The summed E-state index contributed by atoms with van der Waals surface area (Å²) in [6.07, 6.45) is 7.14. The molecule has 4 nitrogen and oxygen atoms in total. The third-order valence-corrected chi connectivity index (χ3v) is 7.05. The topological polar surface area (TPSA) is 24.9 Å². The van der Waals surface area contributed by atoms with E-state index in [2.05, 4.69) is 33.3 Å². The van der Waals surface area contributed by atoms with Gasteiger partial charge in [-0.05, 0) is 37.3 Å². The Morgan fingerprint density at radius 3 is 2.64 bits per heavy atom. The highest BCUT2D eigenvalue weighted by Crippen LogP contribution is 2.37. The molecule has 3 heterocycles. The van der Waals surface area contributed by atoms with Crippen molar-refractivity contribution in [3.63, 3.8) is 0 Å². The number of thiophene rings is 1. The van der Waals surface area contributed by atoms with Crippen LogP contribution in [0.2, 0.25) is 0 Å². The van der Waals surface area contributed by atoms with Crippen molar-refractivity contribution in [3.05, 3.63) is 21.9 Å². The van der Waals surface area contributed by atoms with Gasteiger partial charge in [0.2, 0.25) is 0 Å². The van der Waals surface area contributed by atoms with E-state index in [0.717, 1.165) is 71.4 Å². The number of ether oxygens (including phenoxy) is 2. The highest BCUT2D eigenvalue weighted by Gasteiger charge is 2.23. The maximum atomic E-state index is 6.14. The fourth-order valence-corrected chi connectivity index (χ4v) is 5.65. The molecule has 1 atom stereocenters. The maximum Gasteiger partial charge on any atom is 0.0828 e. The Morgan fingerprint density at radius 1 is 0.960 bits per heavy atom. The molecule has 2 aliphatic heterocycles. The summed E-state index contributed by atoms with van der Waals surface area (Å²) in [5.74, 6) is 0.847. The molecule has 3 aliphatic rings. The number of nitrogens with zero attached hydrogens (tertiary/aromatic N) is 2. The minimum atomic E-state index is 0.342. The van der Waals surface area contributed by atoms with E-state index in [1.165, 1.54) is 30.6 Å². The van der Waals surface area contributed by atoms with Gasteiger partial charge in [0.1, 0.15) is 0 Å². The lowest BCUT2D eigenvalue weighted by Gasteiger charge is -2.31. The summed E-state index contributed by atoms with van der Waals surface area (Å²) < 4.78 is 11.6. The second-order valence-corrected chi connectivity index (χ2v) is 8.98. The van der Waals surface area contributed by atoms with Gasteiger partial charge < -0.3 is 9.47 Å². The molecule has 0 bridgehead atoms. The average Bonchev–Trinajstić information content (AvgIpc) is 3.26. The third-order valence-electron chi connectivity index (χ3n) is 5.82. The molecule has 0 radical (unpaired) electrons. The van der Waals surface area contributed by atoms with Crippen LogP contribution < -0.4 is 0 Å². The summed E-state index contributed by atoms with van der Waals surface area (Å²) in [7, 11) is 0. The van der Waals surface area contributed by atoms with Crippen molar-refractivity contribution < 1.29 is 9.47 Å². The maximum absolute atomic E-state index is 6.14. The van der Waals surface area contributed by atoms with Gasteiger partial charge in [-0.1, -0.05) is 12.8 Å². The summed E-state index contributed by atoms with van der Waals surface area (Å²) in [5.41, 5.74) is 0. The number of morpholine rings is 1. The van der Waals surface area contributed by atoms with Crippen LogP contribution in [0.15, 0.2) is 12.1 Å². The van der Waals surface area contributed by atoms with Crippen molar-refractivity contribution in [3.8, 4) is 0 Å². The Labute approximate surface area is 156 Å². The molecule has 0 aromatic carbocycles. The van der Waals surface area contributed by atoms with Crippen LogP contribution in [-0.2, 0) is 16.0 Å². The average molecular weight is 365 g/mol. The number of hydrogen-bond acceptors (Lipinski definition) is 5. The summed E-state index contributed by atoms with van der Waals surface area (Å²) >= 11 is 2.06. The van der Waals surface area contributed by atoms with Gasteiger partial charge in [-0.2, -0.15) is 0 Å². The van der Waals surface area contributed by atoms with E-state index in [9.17, 15) is 0 Å². The van der Waals surface area contributed by atoms with E-state index < -0.39 is 0 Å². The Bertz CT molecular complexity index is 524. The lowest BCUT2D eigenvalue weighted by atomic mass is 10.1. The molecular formula is C20H32N2O2S. The molecule has 140 valence electrons. The number of hydrogen-bond donors (Lipinski definition) is 0. The van der Waals surface area contributed by atoms with E-state index >= 15 is 0 Å². The molecule has 3 fully saturated rings. The molecule has 1 aliphatic carbocycles. The third kappa shape index (κ3) is 5.04. The zero-order valence-corrected chi connectivity index (χ0v) is 16.1. The summed E-state index contributed by atoms with van der Waals surface area (Å²) in [6.45, 7) is 9.13. The van der Waals surface area contributed by atoms with E-state index in [-0.39, 0.29) is 0 Å². The Balaban J connectivity index is 1.31. The SMILES string of the molecule is c1cc(C2CCCC2)sc1CN1CCCO[C@@H](CN2CCOCC2)C1. The van der Waals surface area contributed by atoms with Gasteiger partial charge in [-0.15, -0.1) is 11.3 Å². The Kier molecular flexibility index (Phi) is 6.42. The molecular weight excluding hydrogens is 332 g/mol. The normalized spacial score (nSPS) is 27.6. The van der Waals surface area contributed by atoms with Crippen molar-refractivity contribution in [1.29, 1.82) is 0 Å². The quantitative estimate of drug-likeness (QED) is 0.800. The zero-order valence-electron chi connectivity index (χ0n) is 15.3. The molecule has 0 spiro atoms. The first kappa shape index (κ1) is 17.9. The van der Waals surface area contributed by atoms with Crippen molar-refractivity contribution in [2.24, 2.45) is 0 Å². The van der Waals surface area contributed by atoms with Gasteiger partial charge in [0, 0.05) is 55.6 Å². The lowest BCUT2D eigenvalue weighted by molar-refractivity contribution is -0.0122. The van der Waals surface area contributed by atoms with Gasteiger partial charge in [0.05, 0.1) is 19.3 Å². The first-order valence-electron chi connectivity index (χ1n) is 10.1. The van der Waals surface area contributed by atoms with Gasteiger partial charge >= 0.3 is 0 Å². The summed E-state index contributed by atoms with van der Waals surface area (Å²) in [4.78, 5) is 8.28. The second kappa shape index (κ2) is 8.96. The largest absolute Gasteiger partial charge is 0.379 e. The highest BCUT2D eigenvalue weighted by molar-refractivity contribution is 7.12.